The van der Waals surface area contributed by atoms with Gasteiger partial charge in [0.25, 0.3) is 0 Å². The minimum Gasteiger partial charge on any atom is -0.465 e. The lowest BCUT2D eigenvalue weighted by molar-refractivity contribution is -0.380. The molecular formula is C22H18N4O4S. The van der Waals surface area contributed by atoms with E-state index >= 15 is 0 Å². The van der Waals surface area contributed by atoms with Crippen molar-refractivity contribution >= 4 is 38.3 Å². The Morgan fingerprint density at radius 2 is 1.87 bits per heavy atom. The first kappa shape index (κ1) is 20.4. The van der Waals surface area contributed by atoms with Gasteiger partial charge in [-0.25, -0.2) is 14.8 Å². The van der Waals surface area contributed by atoms with E-state index in [2.05, 4.69) is 15.3 Å². The summed E-state index contributed by atoms with van der Waals surface area (Å²) in [7, 11) is 1.32. The third kappa shape index (κ3) is 4.51. The second kappa shape index (κ2) is 8.88. The molecule has 8 nitrogen and oxygen atoms in total. The van der Waals surface area contributed by atoms with E-state index < -0.39 is 10.9 Å². The predicted molar refractivity (Wildman–Crippen MR) is 119 cm³/mol. The van der Waals surface area contributed by atoms with Crippen molar-refractivity contribution in [3.05, 3.63) is 81.9 Å². The molecule has 2 aromatic carbocycles. The van der Waals surface area contributed by atoms with Crippen LogP contribution in [0, 0.1) is 10.1 Å². The number of rotatable bonds is 7. The van der Waals surface area contributed by atoms with E-state index in [0.29, 0.717) is 39.5 Å². The standard InChI is InChI=1S/C22H18N4O4S/c1-30-22(27)16-9-7-15(8-10-16)19-24-20(23-12-11-14-5-3-2-4-6-14)17-13-18(26(28)29)31-21(17)25-19/h2-10,13H,11-12H2,1H3,(H,23,24,25). The van der Waals surface area contributed by atoms with Crippen molar-refractivity contribution in [1.29, 1.82) is 0 Å². The monoisotopic (exact) mass is 434 g/mol. The van der Waals surface area contributed by atoms with Crippen molar-refractivity contribution in [1.82, 2.24) is 9.97 Å². The molecule has 0 bridgehead atoms. The number of nitro groups is 1. The number of carbonyl (C=O) groups is 1. The average Bonchev–Trinajstić information content (AvgIpc) is 3.24. The van der Waals surface area contributed by atoms with Crippen LogP contribution in [0.3, 0.4) is 0 Å². The fraction of sp³-hybridized carbons (Fsp3) is 0.136. The second-order valence-electron chi connectivity index (χ2n) is 6.69. The summed E-state index contributed by atoms with van der Waals surface area (Å²) in [6.45, 7) is 0.612. The Bertz CT molecular complexity index is 1240. The first-order valence-electron chi connectivity index (χ1n) is 9.47. The summed E-state index contributed by atoms with van der Waals surface area (Å²) in [5, 5.41) is 15.2. The Morgan fingerprint density at radius 3 is 2.55 bits per heavy atom. The molecule has 31 heavy (non-hydrogen) atoms. The SMILES string of the molecule is COC(=O)c1ccc(-c2nc(NCCc3ccccc3)c3cc([N+](=O)[O-])sc3n2)cc1. The van der Waals surface area contributed by atoms with Gasteiger partial charge in [0.05, 0.1) is 23.0 Å². The lowest BCUT2D eigenvalue weighted by Gasteiger charge is -2.09. The van der Waals surface area contributed by atoms with Crippen LogP contribution in [-0.2, 0) is 11.2 Å². The van der Waals surface area contributed by atoms with Crippen molar-refractivity contribution in [2.75, 3.05) is 19.0 Å². The molecule has 0 aliphatic carbocycles. The van der Waals surface area contributed by atoms with E-state index in [1.54, 1.807) is 24.3 Å². The summed E-state index contributed by atoms with van der Waals surface area (Å²) < 4.78 is 4.72. The van der Waals surface area contributed by atoms with Crippen molar-refractivity contribution in [2.24, 2.45) is 0 Å². The first-order valence-corrected chi connectivity index (χ1v) is 10.3. The highest BCUT2D eigenvalue weighted by atomic mass is 32.1. The number of methoxy groups -OCH3 is 1. The molecule has 4 rings (SSSR count). The second-order valence-corrected chi connectivity index (χ2v) is 7.70. The molecule has 0 fully saturated rings. The maximum atomic E-state index is 11.7. The van der Waals surface area contributed by atoms with Crippen molar-refractivity contribution < 1.29 is 14.5 Å². The third-order valence-corrected chi connectivity index (χ3v) is 5.65. The van der Waals surface area contributed by atoms with Gasteiger partial charge >= 0.3 is 11.0 Å². The molecule has 0 spiro atoms. The normalized spacial score (nSPS) is 10.7. The van der Waals surface area contributed by atoms with Gasteiger partial charge in [-0.2, -0.15) is 0 Å². The van der Waals surface area contributed by atoms with Crippen molar-refractivity contribution in [3.63, 3.8) is 0 Å². The molecule has 4 aromatic rings. The number of ether oxygens (including phenoxy) is 1. The van der Waals surface area contributed by atoms with Crippen LogP contribution in [-0.4, -0.2) is 34.5 Å². The molecule has 2 heterocycles. The number of fused-ring (bicyclic) bond motifs is 1. The van der Waals surface area contributed by atoms with Crippen LogP contribution in [0.4, 0.5) is 10.8 Å². The lowest BCUT2D eigenvalue weighted by atomic mass is 10.1. The molecular weight excluding hydrogens is 416 g/mol. The topological polar surface area (TPSA) is 107 Å². The molecule has 0 amide bonds. The minimum atomic E-state index is -0.430. The number of nitrogens with one attached hydrogen (secondary N) is 1. The Labute approximate surface area is 181 Å². The molecule has 1 N–H and O–H groups in total. The third-order valence-electron chi connectivity index (χ3n) is 4.67. The Balaban J connectivity index is 1.67. The van der Waals surface area contributed by atoms with Gasteiger partial charge in [0.1, 0.15) is 10.6 Å². The summed E-state index contributed by atoms with van der Waals surface area (Å²) in [5.74, 6) is 0.528. The smallest absolute Gasteiger partial charge is 0.337 e. The molecule has 0 saturated carbocycles. The Hall–Kier alpha value is -3.85. The first-order chi connectivity index (χ1) is 15.0. The van der Waals surface area contributed by atoms with E-state index in [9.17, 15) is 14.9 Å². The Morgan fingerprint density at radius 1 is 1.13 bits per heavy atom. The van der Waals surface area contributed by atoms with Crippen LogP contribution in [0.25, 0.3) is 21.6 Å². The molecule has 9 heteroatoms. The number of hydrogen-bond donors (Lipinski definition) is 1. The molecule has 0 aliphatic heterocycles. The molecule has 0 atom stereocenters. The summed E-state index contributed by atoms with van der Waals surface area (Å²) in [5.41, 5.74) is 2.28. The number of nitrogens with zero attached hydrogens (tertiary/aromatic N) is 3. The fourth-order valence-corrected chi connectivity index (χ4v) is 3.95. The van der Waals surface area contributed by atoms with E-state index in [-0.39, 0.29) is 5.00 Å². The van der Waals surface area contributed by atoms with Gasteiger partial charge in [-0.3, -0.25) is 10.1 Å². The average molecular weight is 434 g/mol. The fourth-order valence-electron chi connectivity index (χ4n) is 3.11. The number of hydrogen-bond acceptors (Lipinski definition) is 8. The van der Waals surface area contributed by atoms with Gasteiger partial charge < -0.3 is 10.1 Å². The molecule has 0 aliphatic rings. The van der Waals surface area contributed by atoms with Crippen LogP contribution in [0.2, 0.25) is 0 Å². The van der Waals surface area contributed by atoms with Gasteiger partial charge in [0.15, 0.2) is 5.82 Å². The molecule has 0 radical (unpaired) electrons. The molecule has 2 aromatic heterocycles. The van der Waals surface area contributed by atoms with Crippen molar-refractivity contribution in [3.8, 4) is 11.4 Å². The summed E-state index contributed by atoms with van der Waals surface area (Å²) in [6, 6.07) is 18.2. The van der Waals surface area contributed by atoms with Gasteiger partial charge in [0, 0.05) is 18.2 Å². The number of anilines is 1. The minimum absolute atomic E-state index is 0.00796. The highest BCUT2D eigenvalue weighted by Crippen LogP contribution is 2.35. The summed E-state index contributed by atoms with van der Waals surface area (Å²) in [4.78, 5) is 32.2. The summed E-state index contributed by atoms with van der Waals surface area (Å²) >= 11 is 1.01. The molecule has 156 valence electrons. The van der Waals surface area contributed by atoms with Crippen LogP contribution < -0.4 is 5.32 Å². The van der Waals surface area contributed by atoms with Crippen LogP contribution in [0.15, 0.2) is 60.7 Å². The molecule has 0 unspecified atom stereocenters. The van der Waals surface area contributed by atoms with Crippen molar-refractivity contribution in [2.45, 2.75) is 6.42 Å². The number of aromatic nitrogens is 2. The number of carbonyl (C=O) groups excluding carboxylic acids is 1. The number of esters is 1. The number of benzene rings is 2. The zero-order valence-corrected chi connectivity index (χ0v) is 17.4. The highest BCUT2D eigenvalue weighted by Gasteiger charge is 2.18. The van der Waals surface area contributed by atoms with Gasteiger partial charge in [-0.05, 0) is 35.5 Å². The van der Waals surface area contributed by atoms with Crippen LogP contribution in [0.1, 0.15) is 15.9 Å². The quantitative estimate of drug-likeness (QED) is 0.255. The number of thiophene rings is 1. The summed E-state index contributed by atoms with van der Waals surface area (Å²) in [6.07, 6.45) is 0.779. The van der Waals surface area contributed by atoms with Gasteiger partial charge in [-0.1, -0.05) is 42.5 Å². The maximum absolute atomic E-state index is 11.7. The Kier molecular flexibility index (Phi) is 5.85. The largest absolute Gasteiger partial charge is 0.465 e. The van der Waals surface area contributed by atoms with Gasteiger partial charge in [0.2, 0.25) is 0 Å². The van der Waals surface area contributed by atoms with E-state index in [1.165, 1.54) is 18.7 Å². The molecule has 0 saturated heterocycles. The highest BCUT2D eigenvalue weighted by molar-refractivity contribution is 7.21. The van der Waals surface area contributed by atoms with E-state index in [1.807, 2.05) is 30.3 Å². The lowest BCUT2D eigenvalue weighted by Crippen LogP contribution is -2.07. The maximum Gasteiger partial charge on any atom is 0.337 e. The van der Waals surface area contributed by atoms with Gasteiger partial charge in [-0.15, -0.1) is 0 Å². The zero-order chi connectivity index (χ0) is 21.8. The zero-order valence-electron chi connectivity index (χ0n) is 16.6. The van der Waals surface area contributed by atoms with E-state index in [0.717, 1.165) is 17.8 Å². The van der Waals surface area contributed by atoms with E-state index in [4.69, 9.17) is 4.74 Å². The van der Waals surface area contributed by atoms with Crippen LogP contribution >= 0.6 is 11.3 Å². The predicted octanol–water partition coefficient (Wildman–Crippen LogP) is 4.71. The van der Waals surface area contributed by atoms with Crippen LogP contribution in [0.5, 0.6) is 0 Å².